The summed E-state index contributed by atoms with van der Waals surface area (Å²) in [5, 5.41) is 0. The Balaban J connectivity index is 1.72. The highest BCUT2D eigenvalue weighted by atomic mass is 15.3. The van der Waals surface area contributed by atoms with Crippen molar-refractivity contribution < 1.29 is 4.48 Å². The van der Waals surface area contributed by atoms with Gasteiger partial charge in [0.1, 0.15) is 0 Å². The van der Waals surface area contributed by atoms with Crippen LogP contribution in [0.2, 0.25) is 0 Å². The number of likely N-dealkylation sites (tertiary alicyclic amines) is 2. The Labute approximate surface area is 120 Å². The van der Waals surface area contributed by atoms with Crippen LogP contribution in [0.5, 0.6) is 0 Å². The predicted octanol–water partition coefficient (Wildman–Crippen LogP) is 3.23. The molecular formula is C17H35N2+. The second-order valence-corrected chi connectivity index (χ2v) is 8.77. The topological polar surface area (TPSA) is 3.24 Å². The van der Waals surface area contributed by atoms with Crippen LogP contribution in [0.1, 0.15) is 46.5 Å². The van der Waals surface area contributed by atoms with Crippen molar-refractivity contribution in [2.24, 2.45) is 17.3 Å². The van der Waals surface area contributed by atoms with Gasteiger partial charge in [-0.3, -0.25) is 0 Å². The van der Waals surface area contributed by atoms with Gasteiger partial charge < -0.3 is 9.38 Å². The predicted molar refractivity (Wildman–Crippen MR) is 83.2 cm³/mol. The van der Waals surface area contributed by atoms with Gasteiger partial charge >= 0.3 is 0 Å². The zero-order valence-electron chi connectivity index (χ0n) is 13.9. The van der Waals surface area contributed by atoms with Crippen LogP contribution in [0.4, 0.5) is 0 Å². The number of piperidine rings is 2. The van der Waals surface area contributed by atoms with E-state index < -0.39 is 0 Å². The summed E-state index contributed by atoms with van der Waals surface area (Å²) in [5.74, 6) is 1.91. The van der Waals surface area contributed by atoms with Gasteiger partial charge in [0.05, 0.1) is 27.2 Å². The molecule has 0 aromatic heterocycles. The van der Waals surface area contributed by atoms with Crippen molar-refractivity contribution in [2.75, 3.05) is 46.8 Å². The number of hydrogen-bond acceptors (Lipinski definition) is 1. The van der Waals surface area contributed by atoms with Crippen molar-refractivity contribution in [3.05, 3.63) is 0 Å². The van der Waals surface area contributed by atoms with E-state index in [0.717, 1.165) is 11.8 Å². The van der Waals surface area contributed by atoms with Crippen LogP contribution in [0.25, 0.3) is 0 Å². The Hall–Kier alpha value is -0.0800. The van der Waals surface area contributed by atoms with Gasteiger partial charge in [-0.2, -0.15) is 0 Å². The largest absolute Gasteiger partial charge is 0.328 e. The smallest absolute Gasteiger partial charge is 0.0785 e. The molecule has 0 bridgehead atoms. The van der Waals surface area contributed by atoms with Gasteiger partial charge in [-0.15, -0.1) is 0 Å². The molecule has 0 N–H and O–H groups in total. The van der Waals surface area contributed by atoms with E-state index >= 15 is 0 Å². The first-order valence-corrected chi connectivity index (χ1v) is 8.31. The Kier molecular flexibility index (Phi) is 4.62. The third-order valence-electron chi connectivity index (χ3n) is 5.61. The first-order chi connectivity index (χ1) is 8.76. The molecule has 112 valence electrons. The van der Waals surface area contributed by atoms with Gasteiger partial charge in [0.15, 0.2) is 0 Å². The van der Waals surface area contributed by atoms with Crippen molar-refractivity contribution in [1.29, 1.82) is 0 Å². The second kappa shape index (κ2) is 5.73. The lowest BCUT2D eigenvalue weighted by atomic mass is 9.75. The lowest BCUT2D eigenvalue weighted by molar-refractivity contribution is -0.896. The van der Waals surface area contributed by atoms with E-state index in [1.165, 1.54) is 62.9 Å². The molecule has 2 heteroatoms. The maximum absolute atomic E-state index is 2.75. The molecule has 2 nitrogen and oxygen atoms in total. The zero-order chi connectivity index (χ0) is 14.1. The van der Waals surface area contributed by atoms with Crippen LogP contribution in [-0.4, -0.2) is 56.2 Å². The standard InChI is InChI=1S/C17H35N2/c1-17(2,3)16-6-10-18(11-7-16)14-15-8-12-19(4,5)13-9-15/h15-16H,6-14H2,1-5H3/q+1. The quantitative estimate of drug-likeness (QED) is 0.694. The van der Waals surface area contributed by atoms with Crippen molar-refractivity contribution in [1.82, 2.24) is 4.90 Å². The Morgan fingerprint density at radius 3 is 1.95 bits per heavy atom. The van der Waals surface area contributed by atoms with Gasteiger partial charge in [-0.25, -0.2) is 0 Å². The maximum atomic E-state index is 2.75. The Morgan fingerprint density at radius 2 is 1.47 bits per heavy atom. The summed E-state index contributed by atoms with van der Waals surface area (Å²) < 4.78 is 1.24. The molecule has 0 saturated carbocycles. The van der Waals surface area contributed by atoms with Gasteiger partial charge in [-0.1, -0.05) is 20.8 Å². The third kappa shape index (κ3) is 4.46. The molecule has 2 heterocycles. The van der Waals surface area contributed by atoms with Crippen LogP contribution in [0, 0.1) is 17.3 Å². The minimum atomic E-state index is 0.512. The molecule has 0 aromatic carbocycles. The summed E-state index contributed by atoms with van der Waals surface area (Å²) in [7, 11) is 4.76. The Bertz CT molecular complexity index is 272. The van der Waals surface area contributed by atoms with Gasteiger partial charge in [0.25, 0.3) is 0 Å². The van der Waals surface area contributed by atoms with E-state index in [-0.39, 0.29) is 0 Å². The van der Waals surface area contributed by atoms with E-state index in [1.54, 1.807) is 0 Å². The van der Waals surface area contributed by atoms with Crippen molar-refractivity contribution in [3.63, 3.8) is 0 Å². The summed E-state index contributed by atoms with van der Waals surface area (Å²) in [5.41, 5.74) is 0.512. The summed E-state index contributed by atoms with van der Waals surface area (Å²) in [6.45, 7) is 14.0. The minimum absolute atomic E-state index is 0.512. The highest BCUT2D eigenvalue weighted by Crippen LogP contribution is 2.34. The molecule has 0 spiro atoms. The lowest BCUT2D eigenvalue weighted by Gasteiger charge is -2.42. The van der Waals surface area contributed by atoms with Crippen molar-refractivity contribution in [3.8, 4) is 0 Å². The molecule has 0 radical (unpaired) electrons. The molecular weight excluding hydrogens is 232 g/mol. The lowest BCUT2D eigenvalue weighted by Crippen LogP contribution is -2.48. The van der Waals surface area contributed by atoms with Crippen LogP contribution in [0.15, 0.2) is 0 Å². The molecule has 2 fully saturated rings. The average molecular weight is 267 g/mol. The molecule has 0 aromatic rings. The molecule has 2 aliphatic rings. The molecule has 2 rings (SSSR count). The van der Waals surface area contributed by atoms with E-state index in [2.05, 4.69) is 39.8 Å². The molecule has 0 aliphatic carbocycles. The van der Waals surface area contributed by atoms with E-state index in [4.69, 9.17) is 0 Å². The average Bonchev–Trinajstić information content (AvgIpc) is 2.31. The SMILES string of the molecule is CC(C)(C)C1CCN(CC2CC[N+](C)(C)CC2)CC1. The van der Waals surface area contributed by atoms with Crippen molar-refractivity contribution >= 4 is 0 Å². The molecule has 2 aliphatic heterocycles. The van der Waals surface area contributed by atoms with Crippen LogP contribution < -0.4 is 0 Å². The van der Waals surface area contributed by atoms with Gasteiger partial charge in [0.2, 0.25) is 0 Å². The molecule has 2 saturated heterocycles. The number of nitrogens with zero attached hydrogens (tertiary/aromatic N) is 2. The zero-order valence-corrected chi connectivity index (χ0v) is 13.9. The first kappa shape index (κ1) is 15.3. The van der Waals surface area contributed by atoms with E-state index in [1.807, 2.05) is 0 Å². The fourth-order valence-corrected chi connectivity index (χ4v) is 3.85. The van der Waals surface area contributed by atoms with Crippen LogP contribution in [-0.2, 0) is 0 Å². The highest BCUT2D eigenvalue weighted by molar-refractivity contribution is 4.81. The van der Waals surface area contributed by atoms with Crippen molar-refractivity contribution in [2.45, 2.75) is 46.5 Å². The molecule has 0 atom stereocenters. The normalized spacial score (nSPS) is 27.6. The van der Waals surface area contributed by atoms with Crippen LogP contribution >= 0.6 is 0 Å². The van der Waals surface area contributed by atoms with Crippen LogP contribution in [0.3, 0.4) is 0 Å². The Morgan fingerprint density at radius 1 is 0.947 bits per heavy atom. The number of quaternary nitrogens is 1. The molecule has 0 amide bonds. The first-order valence-electron chi connectivity index (χ1n) is 8.31. The van der Waals surface area contributed by atoms with Gasteiger partial charge in [0, 0.05) is 19.4 Å². The van der Waals surface area contributed by atoms with E-state index in [9.17, 15) is 0 Å². The summed E-state index contributed by atoms with van der Waals surface area (Å²) in [6, 6.07) is 0. The fraction of sp³-hybridized carbons (Fsp3) is 1.00. The maximum Gasteiger partial charge on any atom is 0.0785 e. The number of hydrogen-bond donors (Lipinski definition) is 0. The summed E-state index contributed by atoms with van der Waals surface area (Å²) in [6.07, 6.45) is 5.70. The molecule has 0 unspecified atom stereocenters. The minimum Gasteiger partial charge on any atom is -0.328 e. The second-order valence-electron chi connectivity index (χ2n) is 8.77. The highest BCUT2D eigenvalue weighted by Gasteiger charge is 2.31. The third-order valence-corrected chi connectivity index (χ3v) is 5.61. The van der Waals surface area contributed by atoms with E-state index in [0.29, 0.717) is 5.41 Å². The van der Waals surface area contributed by atoms with Gasteiger partial charge in [-0.05, 0) is 43.2 Å². The summed E-state index contributed by atoms with van der Waals surface area (Å²) in [4.78, 5) is 2.75. The fourth-order valence-electron chi connectivity index (χ4n) is 3.85. The summed E-state index contributed by atoms with van der Waals surface area (Å²) >= 11 is 0. The molecule has 19 heavy (non-hydrogen) atoms. The monoisotopic (exact) mass is 267 g/mol. The number of rotatable bonds is 2.